The number of alkyl carbamates (subject to hydrolysis) is 1. The van der Waals surface area contributed by atoms with Crippen molar-refractivity contribution in [3.05, 3.63) is 35.9 Å². The number of hydrogen-bond donors (Lipinski definition) is 2. The Morgan fingerprint density at radius 3 is 2.63 bits per heavy atom. The second-order valence-electron chi connectivity index (χ2n) is 6.73. The van der Waals surface area contributed by atoms with Crippen LogP contribution < -0.4 is 5.32 Å². The quantitative estimate of drug-likeness (QED) is 0.483. The summed E-state index contributed by atoms with van der Waals surface area (Å²) in [5.74, 6) is -1.07. The molecule has 9 heteroatoms. The van der Waals surface area contributed by atoms with Crippen molar-refractivity contribution in [1.82, 2.24) is 5.32 Å². The molecule has 0 saturated heterocycles. The van der Waals surface area contributed by atoms with Gasteiger partial charge in [-0.15, -0.1) is 0 Å². The third-order valence-corrected chi connectivity index (χ3v) is 5.29. The molecule has 1 aliphatic carbocycles. The van der Waals surface area contributed by atoms with Crippen LogP contribution in [0.4, 0.5) is 4.79 Å². The number of carbonyl (C=O) groups excluding carboxylic acids is 1. The Morgan fingerprint density at radius 2 is 2.00 bits per heavy atom. The molecule has 0 heterocycles. The van der Waals surface area contributed by atoms with Crippen molar-refractivity contribution in [2.75, 3.05) is 12.8 Å². The number of aliphatic carboxylic acids is 1. The minimum Gasteiger partial charge on any atom is -0.481 e. The monoisotopic (exact) mass is 399 g/mol. The molecule has 2 rings (SSSR count). The van der Waals surface area contributed by atoms with Gasteiger partial charge in [0.05, 0.1) is 17.8 Å². The third-order valence-electron chi connectivity index (χ3n) is 4.70. The molecule has 1 fully saturated rings. The molecule has 2 atom stereocenters. The van der Waals surface area contributed by atoms with E-state index in [4.69, 9.17) is 8.92 Å². The summed E-state index contributed by atoms with van der Waals surface area (Å²) in [5.41, 5.74) is -0.386. The molecular formula is C18H25NO7S. The molecule has 1 saturated carbocycles. The maximum absolute atomic E-state index is 11.8. The number of nitrogens with one attached hydrogen (secondary N) is 1. The maximum Gasteiger partial charge on any atom is 0.407 e. The lowest BCUT2D eigenvalue weighted by Gasteiger charge is -2.30. The van der Waals surface area contributed by atoms with Crippen molar-refractivity contribution in [3.8, 4) is 0 Å². The number of carboxylic acid groups (broad SMARTS) is 1. The molecular weight excluding hydrogens is 374 g/mol. The van der Waals surface area contributed by atoms with E-state index in [1.165, 1.54) is 0 Å². The molecule has 1 amide bonds. The molecule has 0 spiro atoms. The van der Waals surface area contributed by atoms with Crippen LogP contribution in [0.3, 0.4) is 0 Å². The number of amides is 1. The lowest BCUT2D eigenvalue weighted by molar-refractivity contribution is -0.154. The molecule has 27 heavy (non-hydrogen) atoms. The minimum atomic E-state index is -3.74. The standard InChI is InChI=1S/C18H25NO7S/c1-27(23,24)26-15-9-5-10-18(15,16(20)21)11-6-12-19-17(22)25-13-14-7-3-2-4-8-14/h2-4,7-8,15H,5-6,9-13H2,1H3,(H,19,22)(H,20,21). The topological polar surface area (TPSA) is 119 Å². The van der Waals surface area contributed by atoms with Gasteiger partial charge in [-0.2, -0.15) is 8.42 Å². The first-order valence-corrected chi connectivity index (χ1v) is 10.6. The highest BCUT2D eigenvalue weighted by Gasteiger charge is 2.50. The Morgan fingerprint density at radius 1 is 1.30 bits per heavy atom. The van der Waals surface area contributed by atoms with Gasteiger partial charge in [0, 0.05) is 6.54 Å². The fourth-order valence-electron chi connectivity index (χ4n) is 3.40. The minimum absolute atomic E-state index is 0.149. The molecule has 0 radical (unpaired) electrons. The van der Waals surface area contributed by atoms with Crippen LogP contribution in [0.5, 0.6) is 0 Å². The number of rotatable bonds is 9. The van der Waals surface area contributed by atoms with Crippen LogP contribution in [0.2, 0.25) is 0 Å². The van der Waals surface area contributed by atoms with E-state index in [0.717, 1.165) is 11.8 Å². The van der Waals surface area contributed by atoms with Crippen molar-refractivity contribution >= 4 is 22.2 Å². The smallest absolute Gasteiger partial charge is 0.407 e. The van der Waals surface area contributed by atoms with Crippen LogP contribution in [-0.4, -0.2) is 44.5 Å². The van der Waals surface area contributed by atoms with Crippen molar-refractivity contribution in [2.45, 2.75) is 44.8 Å². The highest BCUT2D eigenvalue weighted by Crippen LogP contribution is 2.44. The summed E-state index contributed by atoms with van der Waals surface area (Å²) in [6.45, 7) is 0.379. The van der Waals surface area contributed by atoms with Gasteiger partial charge in [0.25, 0.3) is 10.1 Å². The molecule has 2 unspecified atom stereocenters. The van der Waals surface area contributed by atoms with Crippen LogP contribution in [0, 0.1) is 5.41 Å². The second kappa shape index (κ2) is 9.18. The first-order valence-electron chi connectivity index (χ1n) is 8.79. The van der Waals surface area contributed by atoms with Gasteiger partial charge in [0.1, 0.15) is 6.61 Å². The van der Waals surface area contributed by atoms with Crippen molar-refractivity contribution in [3.63, 3.8) is 0 Å². The number of carbonyl (C=O) groups is 2. The number of carboxylic acids is 1. The summed E-state index contributed by atoms with van der Waals surface area (Å²) in [6.07, 6.45) is 1.35. The highest BCUT2D eigenvalue weighted by molar-refractivity contribution is 7.86. The lowest BCUT2D eigenvalue weighted by Crippen LogP contribution is -2.41. The molecule has 2 N–H and O–H groups in total. The van der Waals surface area contributed by atoms with Crippen molar-refractivity contribution in [2.24, 2.45) is 5.41 Å². The van der Waals surface area contributed by atoms with Crippen molar-refractivity contribution < 1.29 is 32.0 Å². The molecule has 8 nitrogen and oxygen atoms in total. The summed E-state index contributed by atoms with van der Waals surface area (Å²) >= 11 is 0. The predicted molar refractivity (Wildman–Crippen MR) is 97.5 cm³/mol. The number of ether oxygens (including phenoxy) is 1. The summed E-state index contributed by atoms with van der Waals surface area (Å²) in [4.78, 5) is 23.5. The third kappa shape index (κ3) is 6.21. The van der Waals surface area contributed by atoms with Gasteiger partial charge in [-0.3, -0.25) is 8.98 Å². The van der Waals surface area contributed by atoms with Crippen LogP contribution in [-0.2, 0) is 30.4 Å². The summed E-state index contributed by atoms with van der Waals surface area (Å²) in [6, 6.07) is 9.24. The largest absolute Gasteiger partial charge is 0.481 e. The summed E-state index contributed by atoms with van der Waals surface area (Å²) < 4.78 is 32.9. The number of hydrogen-bond acceptors (Lipinski definition) is 6. The Bertz CT molecular complexity index is 750. The molecule has 0 aliphatic heterocycles. The lowest BCUT2D eigenvalue weighted by atomic mass is 9.79. The van der Waals surface area contributed by atoms with E-state index in [1.807, 2.05) is 30.3 Å². The average molecular weight is 399 g/mol. The highest BCUT2D eigenvalue weighted by atomic mass is 32.2. The first kappa shape index (κ1) is 21.2. The van der Waals surface area contributed by atoms with Crippen LogP contribution in [0.15, 0.2) is 30.3 Å². The Labute approximate surface area is 159 Å². The van der Waals surface area contributed by atoms with Crippen LogP contribution in [0.25, 0.3) is 0 Å². The van der Waals surface area contributed by atoms with Gasteiger partial charge >= 0.3 is 12.1 Å². The molecule has 150 valence electrons. The van der Waals surface area contributed by atoms with Crippen LogP contribution >= 0.6 is 0 Å². The Balaban J connectivity index is 1.80. The molecule has 0 bridgehead atoms. The number of benzene rings is 1. The maximum atomic E-state index is 11.8. The van der Waals surface area contributed by atoms with E-state index < -0.39 is 33.7 Å². The van der Waals surface area contributed by atoms with E-state index >= 15 is 0 Å². The first-order chi connectivity index (χ1) is 12.7. The predicted octanol–water partition coefficient (Wildman–Crippen LogP) is 2.29. The van der Waals surface area contributed by atoms with Gasteiger partial charge < -0.3 is 15.2 Å². The average Bonchev–Trinajstić information content (AvgIpc) is 3.00. The molecule has 0 aromatic heterocycles. The zero-order chi connectivity index (χ0) is 19.9. The Kier molecular flexibility index (Phi) is 7.20. The van der Waals surface area contributed by atoms with E-state index in [2.05, 4.69) is 5.32 Å². The van der Waals surface area contributed by atoms with E-state index in [9.17, 15) is 23.1 Å². The second-order valence-corrected chi connectivity index (χ2v) is 8.34. The van der Waals surface area contributed by atoms with Gasteiger partial charge in [-0.25, -0.2) is 4.79 Å². The molecule has 1 aliphatic rings. The van der Waals surface area contributed by atoms with E-state index in [-0.39, 0.29) is 19.6 Å². The normalized spacial score (nSPS) is 22.3. The summed E-state index contributed by atoms with van der Waals surface area (Å²) in [5, 5.41) is 12.2. The van der Waals surface area contributed by atoms with Gasteiger partial charge in [-0.1, -0.05) is 30.3 Å². The zero-order valence-corrected chi connectivity index (χ0v) is 16.0. The van der Waals surface area contributed by atoms with E-state index in [1.54, 1.807) is 0 Å². The van der Waals surface area contributed by atoms with Crippen molar-refractivity contribution in [1.29, 1.82) is 0 Å². The van der Waals surface area contributed by atoms with Gasteiger partial charge in [0.15, 0.2) is 0 Å². The van der Waals surface area contributed by atoms with E-state index in [0.29, 0.717) is 25.7 Å². The molecule has 1 aromatic carbocycles. The van der Waals surface area contributed by atoms with Gasteiger partial charge in [0.2, 0.25) is 0 Å². The SMILES string of the molecule is CS(=O)(=O)OC1CCCC1(CCCNC(=O)OCc1ccccc1)C(=O)O. The molecule has 1 aromatic rings. The fourth-order valence-corrected chi connectivity index (χ4v) is 4.10. The Hall–Kier alpha value is -2.13. The van der Waals surface area contributed by atoms with Crippen LogP contribution in [0.1, 0.15) is 37.7 Å². The van der Waals surface area contributed by atoms with Gasteiger partial charge in [-0.05, 0) is 37.7 Å². The zero-order valence-electron chi connectivity index (χ0n) is 15.2. The summed E-state index contributed by atoms with van der Waals surface area (Å²) in [7, 11) is -3.74. The fraction of sp³-hybridized carbons (Fsp3) is 0.556.